The summed E-state index contributed by atoms with van der Waals surface area (Å²) < 4.78 is 13.1. The SMILES string of the molecule is CC(C)C1(CNCc2cc(F)ccc2C#N)CC1. The fraction of sp³-hybridized carbons (Fsp3) is 0.533. The Hall–Kier alpha value is -1.40. The highest BCUT2D eigenvalue weighted by Gasteiger charge is 2.44. The minimum atomic E-state index is -0.282. The molecule has 1 N–H and O–H groups in total. The normalized spacial score (nSPS) is 16.6. The molecule has 0 amide bonds. The van der Waals surface area contributed by atoms with Crippen molar-refractivity contribution in [1.82, 2.24) is 5.32 Å². The van der Waals surface area contributed by atoms with E-state index in [1.54, 1.807) is 6.07 Å². The molecule has 18 heavy (non-hydrogen) atoms. The van der Waals surface area contributed by atoms with Crippen LogP contribution in [0.4, 0.5) is 4.39 Å². The third-order valence-electron chi connectivity index (χ3n) is 4.10. The number of halogens is 1. The lowest BCUT2D eigenvalue weighted by atomic mass is 9.92. The van der Waals surface area contributed by atoms with Crippen LogP contribution >= 0.6 is 0 Å². The van der Waals surface area contributed by atoms with Crippen LogP contribution in [-0.2, 0) is 6.54 Å². The molecule has 0 unspecified atom stereocenters. The second-order valence-corrected chi connectivity index (χ2v) is 5.53. The molecule has 0 aromatic heterocycles. The monoisotopic (exact) mass is 246 g/mol. The van der Waals surface area contributed by atoms with Gasteiger partial charge in [-0.15, -0.1) is 0 Å². The van der Waals surface area contributed by atoms with Crippen molar-refractivity contribution >= 4 is 0 Å². The number of nitrogens with one attached hydrogen (secondary N) is 1. The lowest BCUT2D eigenvalue weighted by molar-refractivity contribution is 0.337. The van der Waals surface area contributed by atoms with E-state index in [2.05, 4.69) is 25.2 Å². The average molecular weight is 246 g/mol. The summed E-state index contributed by atoms with van der Waals surface area (Å²) in [5.74, 6) is 0.392. The summed E-state index contributed by atoms with van der Waals surface area (Å²) in [7, 11) is 0. The molecule has 1 aliphatic carbocycles. The Morgan fingerprint density at radius 2 is 2.17 bits per heavy atom. The van der Waals surface area contributed by atoms with Crippen LogP contribution in [-0.4, -0.2) is 6.54 Å². The van der Waals surface area contributed by atoms with Crippen LogP contribution < -0.4 is 5.32 Å². The summed E-state index contributed by atoms with van der Waals surface area (Å²) in [5, 5.41) is 12.3. The lowest BCUT2D eigenvalue weighted by Crippen LogP contribution is -2.27. The molecule has 96 valence electrons. The summed E-state index contributed by atoms with van der Waals surface area (Å²) in [6.45, 7) is 6.01. The molecule has 1 aromatic carbocycles. The predicted octanol–water partition coefficient (Wildman–Crippen LogP) is 3.22. The van der Waals surface area contributed by atoms with Crippen LogP contribution in [0.1, 0.15) is 37.8 Å². The highest BCUT2D eigenvalue weighted by Crippen LogP contribution is 2.51. The number of nitriles is 1. The first-order valence-electron chi connectivity index (χ1n) is 6.47. The minimum absolute atomic E-state index is 0.282. The summed E-state index contributed by atoms with van der Waals surface area (Å²) >= 11 is 0. The van der Waals surface area contributed by atoms with E-state index in [4.69, 9.17) is 5.26 Å². The van der Waals surface area contributed by atoms with Gasteiger partial charge in [0.2, 0.25) is 0 Å². The molecule has 0 heterocycles. The maximum absolute atomic E-state index is 13.1. The molecule has 2 nitrogen and oxygen atoms in total. The molecular weight excluding hydrogens is 227 g/mol. The van der Waals surface area contributed by atoms with Crippen molar-refractivity contribution in [3.63, 3.8) is 0 Å². The van der Waals surface area contributed by atoms with Crippen molar-refractivity contribution in [1.29, 1.82) is 5.26 Å². The molecule has 1 saturated carbocycles. The Morgan fingerprint density at radius 1 is 1.44 bits per heavy atom. The molecule has 1 aromatic rings. The van der Waals surface area contributed by atoms with Gasteiger partial charge >= 0.3 is 0 Å². The Kier molecular flexibility index (Phi) is 3.68. The number of hydrogen-bond donors (Lipinski definition) is 1. The number of hydrogen-bond acceptors (Lipinski definition) is 2. The zero-order valence-electron chi connectivity index (χ0n) is 11.0. The van der Waals surface area contributed by atoms with Gasteiger partial charge in [0.1, 0.15) is 5.82 Å². The Labute approximate surface area is 108 Å². The van der Waals surface area contributed by atoms with E-state index in [-0.39, 0.29) is 5.82 Å². The van der Waals surface area contributed by atoms with Crippen molar-refractivity contribution in [3.8, 4) is 6.07 Å². The van der Waals surface area contributed by atoms with Crippen LogP contribution in [0.15, 0.2) is 18.2 Å². The van der Waals surface area contributed by atoms with Gasteiger partial charge in [-0.2, -0.15) is 5.26 Å². The van der Waals surface area contributed by atoms with Gasteiger partial charge in [0.15, 0.2) is 0 Å². The molecule has 0 spiro atoms. The van der Waals surface area contributed by atoms with E-state index in [9.17, 15) is 4.39 Å². The Morgan fingerprint density at radius 3 is 2.72 bits per heavy atom. The van der Waals surface area contributed by atoms with Crippen LogP contribution in [0.5, 0.6) is 0 Å². The largest absolute Gasteiger partial charge is 0.312 e. The predicted molar refractivity (Wildman–Crippen MR) is 69.3 cm³/mol. The highest BCUT2D eigenvalue weighted by molar-refractivity contribution is 5.37. The fourth-order valence-electron chi connectivity index (χ4n) is 2.38. The molecule has 0 saturated heterocycles. The second kappa shape index (κ2) is 5.07. The first kappa shape index (κ1) is 13.0. The van der Waals surface area contributed by atoms with Crippen molar-refractivity contribution in [2.75, 3.05) is 6.54 Å². The maximum atomic E-state index is 13.1. The first-order valence-corrected chi connectivity index (χ1v) is 6.47. The maximum Gasteiger partial charge on any atom is 0.123 e. The van der Waals surface area contributed by atoms with Gasteiger partial charge < -0.3 is 5.32 Å². The van der Waals surface area contributed by atoms with E-state index < -0.39 is 0 Å². The molecule has 3 heteroatoms. The van der Waals surface area contributed by atoms with Crippen molar-refractivity contribution in [2.45, 2.75) is 33.2 Å². The van der Waals surface area contributed by atoms with Crippen LogP contribution in [0.2, 0.25) is 0 Å². The van der Waals surface area contributed by atoms with Crippen molar-refractivity contribution in [2.24, 2.45) is 11.3 Å². The topological polar surface area (TPSA) is 35.8 Å². The van der Waals surface area contributed by atoms with Crippen LogP contribution in [0.25, 0.3) is 0 Å². The molecule has 2 rings (SSSR count). The van der Waals surface area contributed by atoms with E-state index in [1.807, 2.05) is 0 Å². The molecule has 1 fully saturated rings. The zero-order chi connectivity index (χ0) is 13.2. The quantitative estimate of drug-likeness (QED) is 0.865. The van der Waals surface area contributed by atoms with E-state index in [0.717, 1.165) is 12.1 Å². The van der Waals surface area contributed by atoms with Crippen LogP contribution in [0, 0.1) is 28.5 Å². The third-order valence-corrected chi connectivity index (χ3v) is 4.10. The van der Waals surface area contributed by atoms with Crippen molar-refractivity contribution in [3.05, 3.63) is 35.1 Å². The third kappa shape index (κ3) is 2.70. The molecule has 0 atom stereocenters. The van der Waals surface area contributed by atoms with Crippen molar-refractivity contribution < 1.29 is 4.39 Å². The molecule has 0 aliphatic heterocycles. The highest BCUT2D eigenvalue weighted by atomic mass is 19.1. The number of benzene rings is 1. The Bertz CT molecular complexity index is 470. The van der Waals surface area contributed by atoms with E-state index in [1.165, 1.54) is 25.0 Å². The van der Waals surface area contributed by atoms with Gasteiger partial charge in [-0.05, 0) is 47.9 Å². The standard InChI is InChI=1S/C15H19FN2/c1-11(2)15(5-6-15)10-18-9-13-7-14(16)4-3-12(13)8-17/h3-4,7,11,18H,5-6,9-10H2,1-2H3. The summed E-state index contributed by atoms with van der Waals surface area (Å²) in [5.41, 5.74) is 1.73. The summed E-state index contributed by atoms with van der Waals surface area (Å²) in [6, 6.07) is 6.42. The lowest BCUT2D eigenvalue weighted by Gasteiger charge is -2.20. The fourth-order valence-corrected chi connectivity index (χ4v) is 2.38. The van der Waals surface area contributed by atoms with Gasteiger partial charge in [0.25, 0.3) is 0 Å². The molecule has 1 aliphatic rings. The van der Waals surface area contributed by atoms with E-state index in [0.29, 0.717) is 23.4 Å². The Balaban J connectivity index is 1.95. The van der Waals surface area contributed by atoms with Gasteiger partial charge in [0, 0.05) is 13.1 Å². The molecular formula is C15H19FN2. The number of nitrogens with zero attached hydrogens (tertiary/aromatic N) is 1. The average Bonchev–Trinajstić information content (AvgIpc) is 3.10. The van der Waals surface area contributed by atoms with Gasteiger partial charge in [-0.25, -0.2) is 4.39 Å². The van der Waals surface area contributed by atoms with Gasteiger partial charge in [-0.1, -0.05) is 13.8 Å². The van der Waals surface area contributed by atoms with E-state index >= 15 is 0 Å². The zero-order valence-corrected chi connectivity index (χ0v) is 11.0. The van der Waals surface area contributed by atoms with Gasteiger partial charge in [0.05, 0.1) is 11.6 Å². The molecule has 0 bridgehead atoms. The minimum Gasteiger partial charge on any atom is -0.312 e. The number of rotatable bonds is 5. The van der Waals surface area contributed by atoms with Gasteiger partial charge in [-0.3, -0.25) is 0 Å². The van der Waals surface area contributed by atoms with Crippen LogP contribution in [0.3, 0.4) is 0 Å². The molecule has 0 radical (unpaired) electrons. The smallest absolute Gasteiger partial charge is 0.123 e. The summed E-state index contributed by atoms with van der Waals surface area (Å²) in [6.07, 6.45) is 2.54. The second-order valence-electron chi connectivity index (χ2n) is 5.53. The first-order chi connectivity index (χ1) is 8.57. The summed E-state index contributed by atoms with van der Waals surface area (Å²) in [4.78, 5) is 0.